The minimum Gasteiger partial charge on any atom is -0.467 e. The zero-order chi connectivity index (χ0) is 20.1. The smallest absolute Gasteiger partial charge is 0.243 e. The van der Waals surface area contributed by atoms with E-state index in [0.717, 1.165) is 19.3 Å². The number of furan rings is 1. The molecule has 1 atom stereocenters. The average Bonchev–Trinajstić information content (AvgIpc) is 3.23. The zero-order valence-corrected chi connectivity index (χ0v) is 17.1. The fraction of sp³-hybridized carbons (Fsp3) is 0.450. The van der Waals surface area contributed by atoms with Gasteiger partial charge in [0.05, 0.1) is 23.7 Å². The summed E-state index contributed by atoms with van der Waals surface area (Å²) in [5, 5.41) is 5.85. The third-order valence-electron chi connectivity index (χ3n) is 4.92. The molecular formula is C20H27N3O4S. The Morgan fingerprint density at radius 2 is 1.96 bits per heavy atom. The van der Waals surface area contributed by atoms with Crippen molar-refractivity contribution in [3.05, 3.63) is 47.9 Å². The van der Waals surface area contributed by atoms with E-state index in [2.05, 4.69) is 10.6 Å². The van der Waals surface area contributed by atoms with Crippen LogP contribution in [0.15, 0.2) is 45.9 Å². The van der Waals surface area contributed by atoms with Crippen molar-refractivity contribution in [2.45, 2.75) is 44.0 Å². The molecule has 1 aliphatic heterocycles. The van der Waals surface area contributed by atoms with Crippen LogP contribution in [-0.4, -0.2) is 38.3 Å². The largest absolute Gasteiger partial charge is 0.467 e. The lowest BCUT2D eigenvalue weighted by Gasteiger charge is -2.26. The number of aryl methyl sites for hydroxylation is 1. The maximum atomic E-state index is 13.0. The molecule has 152 valence electrons. The Hall–Kier alpha value is -2.32. The standard InChI is InChI=1S/C20H27N3O4S/c1-15-8-9-17(13-19(15)28(25,26)23-10-4-3-5-11-23)21-14-20(24)22-16(2)18-7-6-12-27-18/h6-9,12-13,16,21H,3-5,10-11,14H2,1-2H3,(H,22,24). The predicted octanol–water partition coefficient (Wildman–Crippen LogP) is 3.05. The zero-order valence-electron chi connectivity index (χ0n) is 16.3. The average molecular weight is 406 g/mol. The van der Waals surface area contributed by atoms with E-state index in [4.69, 9.17) is 4.42 Å². The molecule has 0 radical (unpaired) electrons. The molecule has 2 heterocycles. The van der Waals surface area contributed by atoms with Gasteiger partial charge in [-0.1, -0.05) is 12.5 Å². The second kappa shape index (κ2) is 8.79. The van der Waals surface area contributed by atoms with Crippen LogP contribution >= 0.6 is 0 Å². The maximum absolute atomic E-state index is 13.0. The Balaban J connectivity index is 1.65. The number of carbonyl (C=O) groups excluding carboxylic acids is 1. The van der Waals surface area contributed by atoms with Crippen molar-refractivity contribution in [2.24, 2.45) is 0 Å². The number of piperidine rings is 1. The van der Waals surface area contributed by atoms with Crippen LogP contribution in [0, 0.1) is 6.92 Å². The summed E-state index contributed by atoms with van der Waals surface area (Å²) in [6.07, 6.45) is 4.42. The number of nitrogens with zero attached hydrogens (tertiary/aromatic N) is 1. The lowest BCUT2D eigenvalue weighted by atomic mass is 10.2. The molecular weight excluding hydrogens is 378 g/mol. The minimum atomic E-state index is -3.52. The van der Waals surface area contributed by atoms with Crippen LogP contribution in [-0.2, 0) is 14.8 Å². The number of hydrogen-bond donors (Lipinski definition) is 2. The molecule has 2 N–H and O–H groups in total. The van der Waals surface area contributed by atoms with Crippen LogP contribution in [0.25, 0.3) is 0 Å². The Morgan fingerprint density at radius 1 is 1.21 bits per heavy atom. The van der Waals surface area contributed by atoms with Crippen molar-refractivity contribution in [3.8, 4) is 0 Å². The summed E-state index contributed by atoms with van der Waals surface area (Å²) in [4.78, 5) is 12.5. The monoisotopic (exact) mass is 405 g/mol. The van der Waals surface area contributed by atoms with Crippen LogP contribution in [0.3, 0.4) is 0 Å². The van der Waals surface area contributed by atoms with E-state index in [0.29, 0.717) is 35.0 Å². The topological polar surface area (TPSA) is 91.6 Å². The molecule has 0 saturated carbocycles. The molecule has 1 unspecified atom stereocenters. The van der Waals surface area contributed by atoms with Crippen LogP contribution < -0.4 is 10.6 Å². The van der Waals surface area contributed by atoms with Crippen LogP contribution in [0.2, 0.25) is 0 Å². The molecule has 28 heavy (non-hydrogen) atoms. The first-order valence-corrected chi connectivity index (χ1v) is 11.0. The van der Waals surface area contributed by atoms with Gasteiger partial charge in [0.15, 0.2) is 0 Å². The van der Waals surface area contributed by atoms with Crippen molar-refractivity contribution in [2.75, 3.05) is 25.0 Å². The summed E-state index contributed by atoms with van der Waals surface area (Å²) < 4.78 is 32.8. The SMILES string of the molecule is Cc1ccc(NCC(=O)NC(C)c2ccco2)cc1S(=O)(=O)N1CCCCC1. The van der Waals surface area contributed by atoms with Gasteiger partial charge in [-0.2, -0.15) is 4.31 Å². The fourth-order valence-corrected chi connectivity index (χ4v) is 5.08. The predicted molar refractivity (Wildman–Crippen MR) is 108 cm³/mol. The highest BCUT2D eigenvalue weighted by Gasteiger charge is 2.27. The van der Waals surface area contributed by atoms with Gasteiger partial charge < -0.3 is 15.1 Å². The fourth-order valence-electron chi connectivity index (χ4n) is 3.32. The van der Waals surface area contributed by atoms with Crippen molar-refractivity contribution < 1.29 is 17.6 Å². The second-order valence-electron chi connectivity index (χ2n) is 7.10. The highest BCUT2D eigenvalue weighted by molar-refractivity contribution is 7.89. The number of carbonyl (C=O) groups is 1. The molecule has 0 bridgehead atoms. The van der Waals surface area contributed by atoms with Gasteiger partial charge in [-0.25, -0.2) is 8.42 Å². The van der Waals surface area contributed by atoms with E-state index in [1.54, 1.807) is 47.8 Å². The quantitative estimate of drug-likeness (QED) is 0.739. The lowest BCUT2D eigenvalue weighted by Crippen LogP contribution is -2.36. The maximum Gasteiger partial charge on any atom is 0.243 e. The molecule has 2 aromatic rings. The number of benzene rings is 1. The van der Waals surface area contributed by atoms with E-state index < -0.39 is 10.0 Å². The van der Waals surface area contributed by atoms with Gasteiger partial charge in [0.2, 0.25) is 15.9 Å². The van der Waals surface area contributed by atoms with Gasteiger partial charge in [-0.3, -0.25) is 4.79 Å². The number of amides is 1. The third-order valence-corrected chi connectivity index (χ3v) is 6.96. The number of nitrogens with one attached hydrogen (secondary N) is 2. The van der Waals surface area contributed by atoms with E-state index in [1.807, 2.05) is 6.92 Å². The van der Waals surface area contributed by atoms with Crippen LogP contribution in [0.1, 0.15) is 43.6 Å². The number of rotatable bonds is 7. The third kappa shape index (κ3) is 4.74. The number of anilines is 1. The molecule has 1 saturated heterocycles. The van der Waals surface area contributed by atoms with Gasteiger partial charge in [0, 0.05) is 18.8 Å². The Morgan fingerprint density at radius 3 is 2.64 bits per heavy atom. The molecule has 3 rings (SSSR count). The van der Waals surface area contributed by atoms with Gasteiger partial charge in [-0.05, 0) is 56.5 Å². The molecule has 1 aromatic carbocycles. The molecule has 1 aromatic heterocycles. The first kappa shape index (κ1) is 20.4. The number of hydrogen-bond acceptors (Lipinski definition) is 5. The number of sulfonamides is 1. The Kier molecular flexibility index (Phi) is 6.41. The normalized spacial score (nSPS) is 16.5. The molecule has 1 amide bonds. The Labute approximate surface area is 166 Å². The summed E-state index contributed by atoms with van der Waals surface area (Å²) in [6, 6.07) is 8.50. The summed E-state index contributed by atoms with van der Waals surface area (Å²) in [5.74, 6) is 0.475. The lowest BCUT2D eigenvalue weighted by molar-refractivity contribution is -0.120. The van der Waals surface area contributed by atoms with Crippen molar-refractivity contribution in [1.29, 1.82) is 0 Å². The minimum absolute atomic E-state index is 0.0390. The summed E-state index contributed by atoms with van der Waals surface area (Å²) in [7, 11) is -3.52. The highest BCUT2D eigenvalue weighted by Crippen LogP contribution is 2.26. The molecule has 0 spiro atoms. The van der Waals surface area contributed by atoms with Crippen molar-refractivity contribution in [1.82, 2.24) is 9.62 Å². The van der Waals surface area contributed by atoms with Gasteiger partial charge in [-0.15, -0.1) is 0 Å². The van der Waals surface area contributed by atoms with Crippen molar-refractivity contribution >= 4 is 21.6 Å². The Bertz CT molecular complexity index is 904. The molecule has 8 heteroatoms. The van der Waals surface area contributed by atoms with E-state index in [-0.39, 0.29) is 18.5 Å². The van der Waals surface area contributed by atoms with Crippen LogP contribution in [0.4, 0.5) is 5.69 Å². The van der Waals surface area contributed by atoms with Gasteiger partial charge in [0.1, 0.15) is 5.76 Å². The van der Waals surface area contributed by atoms with Gasteiger partial charge >= 0.3 is 0 Å². The summed E-state index contributed by atoms with van der Waals surface area (Å²) >= 11 is 0. The first-order chi connectivity index (χ1) is 13.4. The van der Waals surface area contributed by atoms with Crippen molar-refractivity contribution in [3.63, 3.8) is 0 Å². The molecule has 0 aliphatic carbocycles. The van der Waals surface area contributed by atoms with Crippen LogP contribution in [0.5, 0.6) is 0 Å². The summed E-state index contributed by atoms with van der Waals surface area (Å²) in [6.45, 7) is 4.79. The molecule has 1 fully saturated rings. The van der Waals surface area contributed by atoms with E-state index in [1.165, 1.54) is 0 Å². The molecule has 1 aliphatic rings. The highest BCUT2D eigenvalue weighted by atomic mass is 32.2. The molecule has 7 nitrogen and oxygen atoms in total. The first-order valence-electron chi connectivity index (χ1n) is 9.55. The summed E-state index contributed by atoms with van der Waals surface area (Å²) in [5.41, 5.74) is 1.30. The van der Waals surface area contributed by atoms with E-state index in [9.17, 15) is 13.2 Å². The van der Waals surface area contributed by atoms with E-state index >= 15 is 0 Å². The van der Waals surface area contributed by atoms with Gasteiger partial charge in [0.25, 0.3) is 0 Å². The second-order valence-corrected chi connectivity index (χ2v) is 9.01.